The molecule has 8 nitrogen and oxygen atoms in total. The van der Waals surface area contributed by atoms with Crippen molar-refractivity contribution in [1.82, 2.24) is 10.2 Å². The van der Waals surface area contributed by atoms with Gasteiger partial charge in [-0.3, -0.25) is 14.5 Å². The van der Waals surface area contributed by atoms with E-state index in [9.17, 15) is 18.0 Å². The van der Waals surface area contributed by atoms with Gasteiger partial charge in [0.1, 0.15) is 5.75 Å². The van der Waals surface area contributed by atoms with Gasteiger partial charge in [-0.2, -0.15) is 0 Å². The molecule has 0 aromatic heterocycles. The van der Waals surface area contributed by atoms with E-state index in [1.54, 1.807) is 19.2 Å². The lowest BCUT2D eigenvalue weighted by atomic mass is 10.0. The van der Waals surface area contributed by atoms with Crippen LogP contribution < -0.4 is 14.4 Å². The number of carbonyl (C=O) groups excluding carboxylic acids is 2. The van der Waals surface area contributed by atoms with Crippen molar-refractivity contribution < 1.29 is 22.7 Å². The smallest absolute Gasteiger partial charge is 0.251 e. The lowest BCUT2D eigenvalue weighted by Crippen LogP contribution is -2.37. The van der Waals surface area contributed by atoms with E-state index in [1.807, 2.05) is 24.3 Å². The minimum absolute atomic E-state index is 0.0241. The Kier molecular flexibility index (Phi) is 6.48. The van der Waals surface area contributed by atoms with Crippen LogP contribution in [0.15, 0.2) is 48.5 Å². The van der Waals surface area contributed by atoms with Gasteiger partial charge >= 0.3 is 0 Å². The summed E-state index contributed by atoms with van der Waals surface area (Å²) >= 11 is 0. The standard InChI is InChI=1S/C23H27N3O5S/c1-31-20-9-7-17(8-10-20)21(25-12-2-3-13-25)16-24-23(28)18-5-4-6-19(15-18)26-22(27)11-14-32(26,29)30/h4-10,15,21H,2-3,11-14,16H2,1H3,(H,24,28). The van der Waals surface area contributed by atoms with E-state index >= 15 is 0 Å². The largest absolute Gasteiger partial charge is 0.497 e. The summed E-state index contributed by atoms with van der Waals surface area (Å²) in [7, 11) is -2.05. The molecule has 2 aliphatic rings. The zero-order valence-corrected chi connectivity index (χ0v) is 18.8. The highest BCUT2D eigenvalue weighted by molar-refractivity contribution is 7.94. The van der Waals surface area contributed by atoms with Gasteiger partial charge in [0.05, 0.1) is 24.6 Å². The van der Waals surface area contributed by atoms with Crippen molar-refractivity contribution in [1.29, 1.82) is 0 Å². The van der Waals surface area contributed by atoms with Gasteiger partial charge in [0.2, 0.25) is 15.9 Å². The average Bonchev–Trinajstić information content (AvgIpc) is 3.42. The van der Waals surface area contributed by atoms with Crippen molar-refractivity contribution in [3.8, 4) is 5.75 Å². The average molecular weight is 458 g/mol. The van der Waals surface area contributed by atoms with Gasteiger partial charge in [-0.15, -0.1) is 0 Å². The molecule has 2 amide bonds. The number of ether oxygens (including phenoxy) is 1. The van der Waals surface area contributed by atoms with E-state index in [4.69, 9.17) is 4.74 Å². The fraction of sp³-hybridized carbons (Fsp3) is 0.391. The van der Waals surface area contributed by atoms with Crippen LogP contribution in [0.4, 0.5) is 5.69 Å². The molecule has 170 valence electrons. The van der Waals surface area contributed by atoms with Crippen LogP contribution in [0.3, 0.4) is 0 Å². The van der Waals surface area contributed by atoms with Crippen molar-refractivity contribution in [2.75, 3.05) is 36.8 Å². The molecule has 1 unspecified atom stereocenters. The van der Waals surface area contributed by atoms with E-state index in [0.29, 0.717) is 12.1 Å². The Labute approximate surface area is 188 Å². The van der Waals surface area contributed by atoms with E-state index in [1.165, 1.54) is 12.1 Å². The van der Waals surface area contributed by atoms with Crippen molar-refractivity contribution in [3.63, 3.8) is 0 Å². The Hall–Kier alpha value is -2.91. The molecule has 2 fully saturated rings. The number of hydrogen-bond donors (Lipinski definition) is 1. The van der Waals surface area contributed by atoms with Gasteiger partial charge in [-0.25, -0.2) is 12.7 Å². The molecule has 0 radical (unpaired) electrons. The number of amides is 2. The number of methoxy groups -OCH3 is 1. The number of anilines is 1. The van der Waals surface area contributed by atoms with E-state index in [-0.39, 0.29) is 29.8 Å². The van der Waals surface area contributed by atoms with Crippen molar-refractivity contribution in [2.45, 2.75) is 25.3 Å². The molecule has 1 atom stereocenters. The van der Waals surface area contributed by atoms with Crippen LogP contribution in [0.5, 0.6) is 5.75 Å². The summed E-state index contributed by atoms with van der Waals surface area (Å²) in [6, 6.07) is 14.1. The third-order valence-corrected chi connectivity index (χ3v) is 7.65. The van der Waals surface area contributed by atoms with Crippen LogP contribution in [0.2, 0.25) is 0 Å². The molecule has 0 spiro atoms. The number of benzene rings is 2. The quantitative estimate of drug-likeness (QED) is 0.686. The third-order valence-electron chi connectivity index (χ3n) is 5.96. The molecule has 2 aromatic rings. The van der Waals surface area contributed by atoms with Crippen LogP contribution in [0, 0.1) is 0 Å². The Bertz CT molecular complexity index is 1090. The number of nitrogens with zero attached hydrogens (tertiary/aromatic N) is 2. The molecule has 2 aromatic carbocycles. The predicted molar refractivity (Wildman–Crippen MR) is 121 cm³/mol. The highest BCUT2D eigenvalue weighted by Crippen LogP contribution is 2.28. The van der Waals surface area contributed by atoms with Crippen LogP contribution in [0.1, 0.15) is 41.2 Å². The van der Waals surface area contributed by atoms with Gasteiger partial charge in [-0.1, -0.05) is 18.2 Å². The fourth-order valence-corrected chi connectivity index (χ4v) is 5.72. The maximum atomic E-state index is 12.9. The van der Waals surface area contributed by atoms with Crippen molar-refractivity contribution >= 4 is 27.5 Å². The minimum atomic E-state index is -3.68. The Morgan fingerprint density at radius 2 is 1.84 bits per heavy atom. The Morgan fingerprint density at radius 3 is 2.47 bits per heavy atom. The first-order valence-corrected chi connectivity index (χ1v) is 12.3. The van der Waals surface area contributed by atoms with E-state index in [0.717, 1.165) is 41.5 Å². The fourth-order valence-electron chi connectivity index (χ4n) is 4.27. The van der Waals surface area contributed by atoms with E-state index in [2.05, 4.69) is 10.2 Å². The van der Waals surface area contributed by atoms with Crippen LogP contribution in [-0.2, 0) is 14.8 Å². The minimum Gasteiger partial charge on any atom is -0.497 e. The molecule has 2 aliphatic heterocycles. The molecule has 9 heteroatoms. The second-order valence-electron chi connectivity index (χ2n) is 8.02. The molecular formula is C23H27N3O5S. The molecule has 2 saturated heterocycles. The highest BCUT2D eigenvalue weighted by Gasteiger charge is 2.36. The molecular weight excluding hydrogens is 430 g/mol. The summed E-state index contributed by atoms with van der Waals surface area (Å²) in [5.74, 6) is -0.215. The van der Waals surface area contributed by atoms with Gasteiger partial charge in [-0.05, 0) is 61.8 Å². The predicted octanol–water partition coefficient (Wildman–Crippen LogP) is 2.33. The first-order chi connectivity index (χ1) is 15.4. The van der Waals surface area contributed by atoms with Gasteiger partial charge < -0.3 is 10.1 Å². The van der Waals surface area contributed by atoms with E-state index < -0.39 is 15.9 Å². The van der Waals surface area contributed by atoms with Crippen LogP contribution in [-0.4, -0.2) is 57.6 Å². The summed E-state index contributed by atoms with van der Waals surface area (Å²) in [6.07, 6.45) is 2.21. The molecule has 0 bridgehead atoms. The number of sulfonamides is 1. The molecule has 2 heterocycles. The zero-order valence-electron chi connectivity index (χ0n) is 18.0. The molecule has 4 rings (SSSR count). The first-order valence-electron chi connectivity index (χ1n) is 10.7. The maximum Gasteiger partial charge on any atom is 0.251 e. The summed E-state index contributed by atoms with van der Waals surface area (Å²) in [5.41, 5.74) is 1.61. The van der Waals surface area contributed by atoms with Gasteiger partial charge in [0.15, 0.2) is 0 Å². The van der Waals surface area contributed by atoms with Crippen LogP contribution in [0.25, 0.3) is 0 Å². The van der Waals surface area contributed by atoms with Crippen molar-refractivity contribution in [2.24, 2.45) is 0 Å². The summed E-state index contributed by atoms with van der Waals surface area (Å²) in [6.45, 7) is 2.35. The van der Waals surface area contributed by atoms with Crippen molar-refractivity contribution in [3.05, 3.63) is 59.7 Å². The Balaban J connectivity index is 1.50. The second-order valence-corrected chi connectivity index (χ2v) is 9.95. The van der Waals surface area contributed by atoms with Gasteiger partial charge in [0, 0.05) is 18.5 Å². The maximum absolute atomic E-state index is 12.9. The molecule has 1 N–H and O–H groups in total. The van der Waals surface area contributed by atoms with Gasteiger partial charge in [0.25, 0.3) is 5.91 Å². The molecule has 0 aliphatic carbocycles. The normalized spacial score (nSPS) is 19.2. The number of carbonyl (C=O) groups is 2. The molecule has 0 saturated carbocycles. The molecule has 32 heavy (non-hydrogen) atoms. The van der Waals surface area contributed by atoms with Crippen LogP contribution >= 0.6 is 0 Å². The zero-order chi connectivity index (χ0) is 22.7. The number of likely N-dealkylation sites (tertiary alicyclic amines) is 1. The topological polar surface area (TPSA) is 96.0 Å². The summed E-state index contributed by atoms with van der Waals surface area (Å²) < 4.78 is 30.5. The SMILES string of the molecule is COc1ccc(C(CNC(=O)c2cccc(N3C(=O)CCS3(=O)=O)c2)N2CCCC2)cc1. The monoisotopic (exact) mass is 457 g/mol. The Morgan fingerprint density at radius 1 is 1.12 bits per heavy atom. The lowest BCUT2D eigenvalue weighted by molar-refractivity contribution is -0.116. The summed E-state index contributed by atoms with van der Waals surface area (Å²) in [5, 5.41) is 2.99. The number of hydrogen-bond acceptors (Lipinski definition) is 6. The number of rotatable bonds is 7. The highest BCUT2D eigenvalue weighted by atomic mass is 32.2. The summed E-state index contributed by atoms with van der Waals surface area (Å²) in [4.78, 5) is 27.3. The third kappa shape index (κ3) is 4.63. The number of nitrogens with one attached hydrogen (secondary N) is 1. The lowest BCUT2D eigenvalue weighted by Gasteiger charge is -2.28. The first kappa shape index (κ1) is 22.3. The second kappa shape index (κ2) is 9.30.